The summed E-state index contributed by atoms with van der Waals surface area (Å²) in [5.74, 6) is -2.48. The van der Waals surface area contributed by atoms with Gasteiger partial charge in [-0.15, -0.1) is 0 Å². The van der Waals surface area contributed by atoms with E-state index in [0.29, 0.717) is 15.6 Å². The predicted octanol–water partition coefficient (Wildman–Crippen LogP) is 4.21. The van der Waals surface area contributed by atoms with Crippen molar-refractivity contribution in [3.8, 4) is 0 Å². The van der Waals surface area contributed by atoms with Gasteiger partial charge in [-0.25, -0.2) is 9.59 Å². The van der Waals surface area contributed by atoms with Crippen molar-refractivity contribution in [1.82, 2.24) is 4.48 Å². The van der Waals surface area contributed by atoms with Crippen LogP contribution < -0.4 is 0 Å². The molecule has 0 atom stereocenters. The third-order valence-corrected chi connectivity index (χ3v) is 5.22. The van der Waals surface area contributed by atoms with Crippen LogP contribution in [0.15, 0.2) is 52.2 Å². The van der Waals surface area contributed by atoms with Gasteiger partial charge in [0.05, 0.1) is 22.5 Å². The van der Waals surface area contributed by atoms with E-state index >= 15 is 0 Å². The van der Waals surface area contributed by atoms with Crippen molar-refractivity contribution < 1.29 is 28.4 Å². The van der Waals surface area contributed by atoms with Crippen LogP contribution in [0.5, 0.6) is 0 Å². The first-order chi connectivity index (χ1) is 14.1. The van der Waals surface area contributed by atoms with Crippen LogP contribution in [0.4, 0.5) is 8.63 Å². The number of rotatable bonds is 5. The van der Waals surface area contributed by atoms with Gasteiger partial charge in [0.25, 0.3) is 0 Å². The third-order valence-electron chi connectivity index (χ3n) is 5.22. The molecule has 1 aromatic carbocycles. The highest BCUT2D eigenvalue weighted by molar-refractivity contribution is 6.42. The normalized spacial score (nSPS) is 15.3. The maximum atomic E-state index is 14.1. The number of carbonyl (C=O) groups is 2. The van der Waals surface area contributed by atoms with Crippen LogP contribution in [0.25, 0.3) is 5.57 Å². The van der Waals surface area contributed by atoms with Gasteiger partial charge in [-0.2, -0.15) is 0 Å². The Morgan fingerprint density at radius 3 is 2.07 bits per heavy atom. The number of halogens is 2. The minimum atomic E-state index is -3.00. The Balaban J connectivity index is 2.53. The molecule has 0 unspecified atom stereocenters. The van der Waals surface area contributed by atoms with Crippen LogP contribution in [0.3, 0.4) is 0 Å². The van der Waals surface area contributed by atoms with Crippen molar-refractivity contribution in [3.63, 3.8) is 0 Å². The average molecular weight is 412 g/mol. The molecular formula is C21H19BF2N2O4. The standard InChI is InChI=1S/C21H19BF2N2O4/c1-10-15(20(27)28)12(3)25-18(10)17(14-8-6-5-7-9-14)19-11(2)16(21(29)30)13(4)26(19)22(23)24/h5-9H,1-4H3,(H,27,28)(H,29,30)/b18-17-. The van der Waals surface area contributed by atoms with Gasteiger partial charge in [-0.05, 0) is 44.4 Å². The number of hydrogen-bond donors (Lipinski definition) is 2. The van der Waals surface area contributed by atoms with E-state index in [-0.39, 0.29) is 45.1 Å². The van der Waals surface area contributed by atoms with Crippen LogP contribution in [-0.2, 0) is 4.79 Å². The smallest absolute Gasteiger partial charge is 0.478 e. The molecule has 154 valence electrons. The van der Waals surface area contributed by atoms with Crippen LogP contribution in [0.2, 0.25) is 0 Å². The van der Waals surface area contributed by atoms with Crippen molar-refractivity contribution in [1.29, 1.82) is 0 Å². The molecule has 0 saturated heterocycles. The molecule has 0 aliphatic carbocycles. The van der Waals surface area contributed by atoms with Gasteiger partial charge in [0, 0.05) is 17.0 Å². The Labute approximate surface area is 172 Å². The molecule has 0 radical (unpaired) electrons. The Morgan fingerprint density at radius 2 is 1.60 bits per heavy atom. The highest BCUT2D eigenvalue weighted by Gasteiger charge is 2.35. The summed E-state index contributed by atoms with van der Waals surface area (Å²) in [4.78, 5) is 27.9. The summed E-state index contributed by atoms with van der Waals surface area (Å²) >= 11 is 0. The molecule has 2 N–H and O–H groups in total. The van der Waals surface area contributed by atoms with E-state index in [2.05, 4.69) is 4.99 Å². The third kappa shape index (κ3) is 3.26. The van der Waals surface area contributed by atoms with Crippen molar-refractivity contribution in [2.24, 2.45) is 4.99 Å². The van der Waals surface area contributed by atoms with E-state index in [1.165, 1.54) is 20.8 Å². The molecule has 1 aliphatic heterocycles. The maximum absolute atomic E-state index is 14.1. The SMILES string of the molecule is CC1=N/C(=C(/c2ccccc2)c2c(C)c(C(=O)O)c(C)n2B(F)F)C(C)=C1C(=O)O. The number of carboxylic acids is 2. The van der Waals surface area contributed by atoms with Crippen LogP contribution in [-0.4, -0.2) is 39.7 Å². The summed E-state index contributed by atoms with van der Waals surface area (Å²) in [7, 11) is -3.00. The van der Waals surface area contributed by atoms with Gasteiger partial charge >= 0.3 is 19.3 Å². The maximum Gasteiger partial charge on any atom is 0.677 e. The van der Waals surface area contributed by atoms with Crippen LogP contribution in [0.1, 0.15) is 46.7 Å². The lowest BCUT2D eigenvalue weighted by Gasteiger charge is -2.16. The molecule has 9 heteroatoms. The number of benzene rings is 1. The predicted molar refractivity (Wildman–Crippen MR) is 110 cm³/mol. The summed E-state index contributed by atoms with van der Waals surface area (Å²) in [6.45, 7) is 5.90. The van der Waals surface area contributed by atoms with E-state index in [1.54, 1.807) is 37.3 Å². The number of aliphatic imine (C=N–C) groups is 1. The molecule has 2 aromatic rings. The van der Waals surface area contributed by atoms with Gasteiger partial charge < -0.3 is 14.7 Å². The minimum absolute atomic E-state index is 0.00131. The summed E-state index contributed by atoms with van der Waals surface area (Å²) in [5, 5.41) is 19.2. The number of aromatic carboxylic acids is 1. The number of aromatic nitrogens is 1. The van der Waals surface area contributed by atoms with Crippen molar-refractivity contribution in [2.45, 2.75) is 27.7 Å². The molecule has 0 spiro atoms. The van der Waals surface area contributed by atoms with Gasteiger partial charge in [-0.1, -0.05) is 30.3 Å². The topological polar surface area (TPSA) is 91.9 Å². The first kappa shape index (κ1) is 21.2. The zero-order valence-corrected chi connectivity index (χ0v) is 16.8. The zero-order valence-electron chi connectivity index (χ0n) is 16.8. The molecule has 1 aliphatic rings. The Bertz CT molecular complexity index is 1160. The fourth-order valence-electron chi connectivity index (χ4n) is 3.97. The molecule has 0 saturated carbocycles. The molecule has 0 amide bonds. The number of hydrogen-bond acceptors (Lipinski definition) is 3. The molecule has 30 heavy (non-hydrogen) atoms. The highest BCUT2D eigenvalue weighted by Crippen LogP contribution is 2.40. The van der Waals surface area contributed by atoms with Crippen LogP contribution in [0, 0.1) is 13.8 Å². The number of allylic oxidation sites excluding steroid dienone is 1. The monoisotopic (exact) mass is 412 g/mol. The number of nitrogens with zero attached hydrogens (tertiary/aromatic N) is 2. The lowest BCUT2D eigenvalue weighted by molar-refractivity contribution is -0.132. The minimum Gasteiger partial charge on any atom is -0.478 e. The second kappa shape index (κ2) is 7.74. The van der Waals surface area contributed by atoms with Gasteiger partial charge in [0.1, 0.15) is 0 Å². The molecule has 1 aromatic heterocycles. The molecule has 0 fully saturated rings. The van der Waals surface area contributed by atoms with Gasteiger partial charge in [0.2, 0.25) is 0 Å². The first-order valence-corrected chi connectivity index (χ1v) is 9.11. The molecule has 3 rings (SSSR count). The largest absolute Gasteiger partial charge is 0.677 e. The second-order valence-electron chi connectivity index (χ2n) is 6.98. The Hall–Kier alpha value is -3.49. The van der Waals surface area contributed by atoms with Gasteiger partial charge in [-0.3, -0.25) is 13.6 Å². The average Bonchev–Trinajstić information content (AvgIpc) is 3.09. The summed E-state index contributed by atoms with van der Waals surface area (Å²) in [5.41, 5.74) is 1.47. The Morgan fingerprint density at radius 1 is 1.00 bits per heavy atom. The highest BCUT2D eigenvalue weighted by atomic mass is 19.2. The van der Waals surface area contributed by atoms with E-state index in [1.807, 2.05) is 0 Å². The lowest BCUT2D eigenvalue weighted by Crippen LogP contribution is -2.19. The fourth-order valence-corrected chi connectivity index (χ4v) is 3.97. The second-order valence-corrected chi connectivity index (χ2v) is 6.98. The molecule has 2 heterocycles. The number of aliphatic carboxylic acids is 1. The van der Waals surface area contributed by atoms with E-state index in [9.17, 15) is 28.4 Å². The van der Waals surface area contributed by atoms with Gasteiger partial charge in [0.15, 0.2) is 0 Å². The van der Waals surface area contributed by atoms with Crippen molar-refractivity contribution in [3.05, 3.63) is 75.3 Å². The Kier molecular flexibility index (Phi) is 5.48. The van der Waals surface area contributed by atoms with E-state index in [4.69, 9.17) is 0 Å². The summed E-state index contributed by atoms with van der Waals surface area (Å²) in [6.07, 6.45) is 0. The molecular weight excluding hydrogens is 393 g/mol. The van der Waals surface area contributed by atoms with Crippen molar-refractivity contribution in [2.75, 3.05) is 0 Å². The first-order valence-electron chi connectivity index (χ1n) is 9.11. The summed E-state index contributed by atoms with van der Waals surface area (Å²) in [6, 6.07) is 8.57. The van der Waals surface area contributed by atoms with Crippen LogP contribution >= 0.6 is 0 Å². The van der Waals surface area contributed by atoms with E-state index < -0.39 is 19.3 Å². The summed E-state index contributed by atoms with van der Waals surface area (Å²) < 4.78 is 28.9. The quantitative estimate of drug-likeness (QED) is 0.720. The number of carboxylic acid groups (broad SMARTS) is 2. The lowest BCUT2D eigenvalue weighted by atomic mass is 9.93. The molecule has 0 bridgehead atoms. The fraction of sp³-hybridized carbons (Fsp3) is 0.190. The van der Waals surface area contributed by atoms with E-state index in [0.717, 1.165) is 0 Å². The van der Waals surface area contributed by atoms with Crippen molar-refractivity contribution >= 4 is 30.6 Å². The molecule has 6 nitrogen and oxygen atoms in total. The zero-order chi connectivity index (χ0) is 22.3.